The van der Waals surface area contributed by atoms with Crippen molar-refractivity contribution in [3.8, 4) is 5.75 Å². The first-order chi connectivity index (χ1) is 11.3. The number of ether oxygens (including phenoxy) is 2. The molecule has 1 aromatic rings. The van der Waals surface area contributed by atoms with Crippen molar-refractivity contribution in [3.63, 3.8) is 0 Å². The van der Waals surface area contributed by atoms with E-state index in [1.54, 1.807) is 4.90 Å². The Hall–Kier alpha value is -2.12. The summed E-state index contributed by atoms with van der Waals surface area (Å²) >= 11 is 0. The van der Waals surface area contributed by atoms with Crippen LogP contribution >= 0.6 is 0 Å². The zero-order chi connectivity index (χ0) is 16.1. The summed E-state index contributed by atoms with van der Waals surface area (Å²) in [5.74, 6) is 0.607. The predicted molar refractivity (Wildman–Crippen MR) is 84.5 cm³/mol. The molecule has 124 valence electrons. The van der Waals surface area contributed by atoms with E-state index in [2.05, 4.69) is 10.6 Å². The molecule has 0 spiro atoms. The molecule has 23 heavy (non-hydrogen) atoms. The number of carbonyl (C=O) groups excluding carboxylic acids is 2. The standard InChI is InChI=1S/C16H21N3O4/c20-15-11-23-14-5-2-1-4-13(14)19(15)8-3-6-18-16(21)12-10-22-9-7-17-12/h1-2,4-5,12,17H,3,6-11H2,(H,18,21). The van der Waals surface area contributed by atoms with Crippen molar-refractivity contribution in [3.05, 3.63) is 24.3 Å². The van der Waals surface area contributed by atoms with Gasteiger partial charge in [0.05, 0.1) is 18.9 Å². The summed E-state index contributed by atoms with van der Waals surface area (Å²) < 4.78 is 10.7. The van der Waals surface area contributed by atoms with E-state index in [9.17, 15) is 9.59 Å². The van der Waals surface area contributed by atoms with E-state index in [1.165, 1.54) is 0 Å². The summed E-state index contributed by atoms with van der Waals surface area (Å²) in [6, 6.07) is 7.20. The Balaban J connectivity index is 1.47. The molecule has 1 fully saturated rings. The molecule has 2 aliphatic rings. The fourth-order valence-electron chi connectivity index (χ4n) is 2.70. The number of rotatable bonds is 5. The molecule has 0 aliphatic carbocycles. The highest BCUT2D eigenvalue weighted by Crippen LogP contribution is 2.31. The second-order valence-electron chi connectivity index (χ2n) is 5.53. The van der Waals surface area contributed by atoms with Crippen LogP contribution in [0.15, 0.2) is 24.3 Å². The molecule has 1 unspecified atom stereocenters. The van der Waals surface area contributed by atoms with Crippen LogP contribution in [0.25, 0.3) is 0 Å². The maximum Gasteiger partial charge on any atom is 0.265 e. The number of nitrogens with one attached hydrogen (secondary N) is 2. The smallest absolute Gasteiger partial charge is 0.265 e. The number of amides is 2. The molecule has 2 aliphatic heterocycles. The number of anilines is 1. The van der Waals surface area contributed by atoms with Gasteiger partial charge in [0.15, 0.2) is 6.61 Å². The lowest BCUT2D eigenvalue weighted by Gasteiger charge is -2.29. The first-order valence-electron chi connectivity index (χ1n) is 7.87. The number of benzene rings is 1. The van der Waals surface area contributed by atoms with Crippen molar-refractivity contribution in [2.24, 2.45) is 0 Å². The molecule has 1 atom stereocenters. The lowest BCUT2D eigenvalue weighted by Crippen LogP contribution is -2.51. The maximum absolute atomic E-state index is 12.0. The minimum Gasteiger partial charge on any atom is -0.482 e. The van der Waals surface area contributed by atoms with Crippen LogP contribution in [0.1, 0.15) is 6.42 Å². The van der Waals surface area contributed by atoms with Crippen molar-refractivity contribution in [1.82, 2.24) is 10.6 Å². The van der Waals surface area contributed by atoms with Gasteiger partial charge < -0.3 is 25.0 Å². The molecule has 2 N–H and O–H groups in total. The molecule has 0 bridgehead atoms. The predicted octanol–water partition coefficient (Wildman–Crippen LogP) is -0.0933. The van der Waals surface area contributed by atoms with Crippen molar-refractivity contribution in [2.45, 2.75) is 12.5 Å². The summed E-state index contributed by atoms with van der Waals surface area (Å²) in [6.45, 7) is 2.87. The van der Waals surface area contributed by atoms with Gasteiger partial charge in [-0.15, -0.1) is 0 Å². The number of morpholine rings is 1. The first kappa shape index (κ1) is 15.8. The highest BCUT2D eigenvalue weighted by molar-refractivity contribution is 5.97. The first-order valence-corrected chi connectivity index (χ1v) is 7.87. The van der Waals surface area contributed by atoms with Gasteiger partial charge >= 0.3 is 0 Å². The van der Waals surface area contributed by atoms with Gasteiger partial charge in [-0.05, 0) is 18.6 Å². The molecular formula is C16H21N3O4. The average molecular weight is 319 g/mol. The SMILES string of the molecule is O=C(NCCCN1C(=O)COc2ccccc21)C1COCCN1. The third kappa shape index (κ3) is 3.80. The van der Waals surface area contributed by atoms with Crippen LogP contribution < -0.4 is 20.3 Å². The monoisotopic (exact) mass is 319 g/mol. The molecule has 7 heteroatoms. The average Bonchev–Trinajstić information content (AvgIpc) is 2.60. The Kier molecular flexibility index (Phi) is 5.09. The number of hydrogen-bond donors (Lipinski definition) is 2. The van der Waals surface area contributed by atoms with Crippen LogP contribution in [0.5, 0.6) is 5.75 Å². The van der Waals surface area contributed by atoms with Gasteiger partial charge in [0.25, 0.3) is 5.91 Å². The number of fused-ring (bicyclic) bond motifs is 1. The maximum atomic E-state index is 12.0. The molecular weight excluding hydrogens is 298 g/mol. The molecule has 1 aromatic carbocycles. The van der Waals surface area contributed by atoms with E-state index in [0.29, 0.717) is 39.3 Å². The minimum atomic E-state index is -0.283. The van der Waals surface area contributed by atoms with E-state index in [0.717, 1.165) is 11.4 Å². The van der Waals surface area contributed by atoms with Gasteiger partial charge in [0.1, 0.15) is 11.8 Å². The van der Waals surface area contributed by atoms with Crippen LogP contribution in [-0.2, 0) is 14.3 Å². The Bertz CT molecular complexity index is 572. The van der Waals surface area contributed by atoms with E-state index in [-0.39, 0.29) is 24.5 Å². The third-order valence-electron chi connectivity index (χ3n) is 3.90. The van der Waals surface area contributed by atoms with E-state index >= 15 is 0 Å². The zero-order valence-electron chi connectivity index (χ0n) is 12.9. The van der Waals surface area contributed by atoms with Gasteiger partial charge in [-0.1, -0.05) is 12.1 Å². The Morgan fingerprint density at radius 2 is 2.26 bits per heavy atom. The van der Waals surface area contributed by atoms with Crippen LogP contribution in [0.2, 0.25) is 0 Å². The molecule has 0 aromatic heterocycles. The van der Waals surface area contributed by atoms with Crippen molar-refractivity contribution in [2.75, 3.05) is 44.4 Å². The molecule has 0 radical (unpaired) electrons. The summed E-state index contributed by atoms with van der Waals surface area (Å²) in [5, 5.41) is 5.99. The van der Waals surface area contributed by atoms with Crippen molar-refractivity contribution >= 4 is 17.5 Å². The van der Waals surface area contributed by atoms with Gasteiger partial charge in [0, 0.05) is 19.6 Å². The Labute approximate surface area is 134 Å². The Morgan fingerprint density at radius 3 is 3.09 bits per heavy atom. The van der Waals surface area contributed by atoms with Gasteiger partial charge in [0.2, 0.25) is 5.91 Å². The summed E-state index contributed by atoms with van der Waals surface area (Å²) in [5.41, 5.74) is 0.789. The topological polar surface area (TPSA) is 79.9 Å². The number of hydrogen-bond acceptors (Lipinski definition) is 5. The third-order valence-corrected chi connectivity index (χ3v) is 3.90. The highest BCUT2D eigenvalue weighted by atomic mass is 16.5. The van der Waals surface area contributed by atoms with Crippen LogP contribution in [0, 0.1) is 0 Å². The van der Waals surface area contributed by atoms with Crippen LogP contribution in [0.3, 0.4) is 0 Å². The second-order valence-corrected chi connectivity index (χ2v) is 5.53. The van der Waals surface area contributed by atoms with Crippen molar-refractivity contribution < 1.29 is 19.1 Å². The highest BCUT2D eigenvalue weighted by Gasteiger charge is 2.25. The molecule has 2 amide bonds. The minimum absolute atomic E-state index is 0.0570. The van der Waals surface area contributed by atoms with Gasteiger partial charge in [-0.3, -0.25) is 9.59 Å². The van der Waals surface area contributed by atoms with E-state index in [4.69, 9.17) is 9.47 Å². The molecule has 2 heterocycles. The van der Waals surface area contributed by atoms with Crippen molar-refractivity contribution in [1.29, 1.82) is 0 Å². The number of para-hydroxylation sites is 2. The fourth-order valence-corrected chi connectivity index (χ4v) is 2.70. The zero-order valence-corrected chi connectivity index (χ0v) is 12.9. The van der Waals surface area contributed by atoms with Gasteiger partial charge in [-0.25, -0.2) is 0 Å². The molecule has 7 nitrogen and oxygen atoms in total. The molecule has 0 saturated carbocycles. The second kappa shape index (κ2) is 7.43. The lowest BCUT2D eigenvalue weighted by molar-refractivity contribution is -0.125. The summed E-state index contributed by atoms with van der Waals surface area (Å²) in [4.78, 5) is 25.7. The van der Waals surface area contributed by atoms with Crippen LogP contribution in [-0.4, -0.2) is 57.3 Å². The molecule has 3 rings (SSSR count). The van der Waals surface area contributed by atoms with Gasteiger partial charge in [-0.2, -0.15) is 0 Å². The quantitative estimate of drug-likeness (QED) is 0.741. The largest absolute Gasteiger partial charge is 0.482 e. The lowest BCUT2D eigenvalue weighted by atomic mass is 10.2. The fraction of sp³-hybridized carbons (Fsp3) is 0.500. The normalized spacial score (nSPS) is 20.6. The Morgan fingerprint density at radius 1 is 1.39 bits per heavy atom. The summed E-state index contributed by atoms with van der Waals surface area (Å²) in [7, 11) is 0. The number of carbonyl (C=O) groups is 2. The number of nitrogens with zero attached hydrogens (tertiary/aromatic N) is 1. The molecule has 1 saturated heterocycles. The van der Waals surface area contributed by atoms with Crippen LogP contribution in [0.4, 0.5) is 5.69 Å². The summed E-state index contributed by atoms with van der Waals surface area (Å²) in [6.07, 6.45) is 0.680. The van der Waals surface area contributed by atoms with E-state index < -0.39 is 0 Å². The van der Waals surface area contributed by atoms with E-state index in [1.807, 2.05) is 24.3 Å².